The third-order valence-corrected chi connectivity index (χ3v) is 0.261. The first-order valence-corrected chi connectivity index (χ1v) is 1.31. The topological polar surface area (TPSA) is 46.5 Å². The van der Waals surface area contributed by atoms with Gasteiger partial charge in [0.15, 0.2) is 0 Å². The highest BCUT2D eigenvalue weighted by molar-refractivity contribution is 6.05. The zero-order valence-electron chi connectivity index (χ0n) is 3.05. The zero-order chi connectivity index (χ0) is 4.99. The average Bonchev–Trinajstić information content (AvgIpc) is 1.65. The molecule has 3 nitrogen and oxygen atoms in total. The molecule has 0 aliphatic rings. The number of carbonyl (C=O) groups is 1. The van der Waals surface area contributed by atoms with Crippen LogP contribution in [0.3, 0.4) is 0 Å². The van der Waals surface area contributed by atoms with Gasteiger partial charge in [0, 0.05) is 0 Å². The number of carbonyl (C=O) groups excluding carboxylic acids is 1. The van der Waals surface area contributed by atoms with Crippen molar-refractivity contribution < 1.29 is 14.6 Å². The summed E-state index contributed by atoms with van der Waals surface area (Å²) in [5.74, 6) is -0.824. The van der Waals surface area contributed by atoms with Crippen LogP contribution in [0.15, 0.2) is 0 Å². The lowest BCUT2D eigenvalue weighted by atomic mass is 10.5. The molecule has 0 amide bonds. The monoisotopic (exact) mass is 86.0 g/mol. The fourth-order valence-corrected chi connectivity index (χ4v) is 0.0373. The standard InChI is InChI=1S/C2H3BO3/c3-6-2(5)1-4/h4H,1H2. The Morgan fingerprint density at radius 1 is 2.00 bits per heavy atom. The lowest BCUT2D eigenvalue weighted by Crippen LogP contribution is -2.05. The molecule has 6 heavy (non-hydrogen) atoms. The van der Waals surface area contributed by atoms with Gasteiger partial charge in [-0.2, -0.15) is 0 Å². The third-order valence-electron chi connectivity index (χ3n) is 0.261. The first-order valence-electron chi connectivity index (χ1n) is 1.31. The van der Waals surface area contributed by atoms with Crippen LogP contribution in [0.5, 0.6) is 0 Å². The molecule has 4 heteroatoms. The summed E-state index contributed by atoms with van der Waals surface area (Å²) in [5, 5.41) is 7.78. The van der Waals surface area contributed by atoms with E-state index in [1.165, 1.54) is 0 Å². The molecule has 0 aliphatic heterocycles. The van der Waals surface area contributed by atoms with Crippen LogP contribution in [0.4, 0.5) is 0 Å². The predicted octanol–water partition coefficient (Wildman–Crippen LogP) is -1.39. The van der Waals surface area contributed by atoms with Crippen molar-refractivity contribution in [2.24, 2.45) is 0 Å². The highest BCUT2D eigenvalue weighted by Crippen LogP contribution is 1.62. The van der Waals surface area contributed by atoms with Crippen LogP contribution < -0.4 is 0 Å². The minimum Gasteiger partial charge on any atom is -0.542 e. The molecule has 0 fully saturated rings. The van der Waals surface area contributed by atoms with E-state index >= 15 is 0 Å². The highest BCUT2D eigenvalue weighted by atomic mass is 16.5. The molecule has 0 aromatic carbocycles. The lowest BCUT2D eigenvalue weighted by molar-refractivity contribution is -0.137. The fraction of sp³-hybridized carbons (Fsp3) is 0.500. The summed E-state index contributed by atoms with van der Waals surface area (Å²) in [6.07, 6.45) is 0. The molecule has 2 radical (unpaired) electrons. The molecule has 0 saturated carbocycles. The number of hydrogen-bond acceptors (Lipinski definition) is 3. The second-order valence-corrected chi connectivity index (χ2v) is 0.648. The van der Waals surface area contributed by atoms with E-state index < -0.39 is 12.6 Å². The van der Waals surface area contributed by atoms with Crippen LogP contribution in [0.25, 0.3) is 0 Å². The molecular weight excluding hydrogens is 82.8 g/mol. The van der Waals surface area contributed by atoms with Gasteiger partial charge in [-0.3, -0.25) is 4.79 Å². The van der Waals surface area contributed by atoms with Crippen LogP contribution in [-0.4, -0.2) is 25.7 Å². The second-order valence-electron chi connectivity index (χ2n) is 0.648. The summed E-state index contributed by atoms with van der Waals surface area (Å²) in [6.45, 7) is -0.656. The first kappa shape index (κ1) is 5.49. The molecule has 0 aromatic heterocycles. The summed E-state index contributed by atoms with van der Waals surface area (Å²) in [5.41, 5.74) is 0. The van der Waals surface area contributed by atoms with Crippen molar-refractivity contribution in [1.29, 1.82) is 0 Å². The van der Waals surface area contributed by atoms with E-state index in [0.29, 0.717) is 0 Å². The Balaban J connectivity index is 2.99. The summed E-state index contributed by atoms with van der Waals surface area (Å²) in [7, 11) is 4.27. The van der Waals surface area contributed by atoms with Crippen LogP contribution in [0.1, 0.15) is 0 Å². The number of hydrogen-bond donors (Lipinski definition) is 1. The molecule has 0 heterocycles. The van der Waals surface area contributed by atoms with Gasteiger partial charge in [-0.1, -0.05) is 0 Å². The molecule has 0 aliphatic carbocycles. The van der Waals surface area contributed by atoms with E-state index in [1.54, 1.807) is 0 Å². The molecule has 0 bridgehead atoms. The Hall–Kier alpha value is -0.505. The van der Waals surface area contributed by atoms with Crippen molar-refractivity contribution >= 4 is 14.0 Å². The normalized spacial score (nSPS) is 7.50. The van der Waals surface area contributed by atoms with E-state index in [0.717, 1.165) is 0 Å². The van der Waals surface area contributed by atoms with E-state index in [-0.39, 0.29) is 0 Å². The number of aliphatic hydroxyl groups excluding tert-OH is 1. The molecule has 0 spiro atoms. The van der Waals surface area contributed by atoms with Gasteiger partial charge in [-0.25, -0.2) is 0 Å². The van der Waals surface area contributed by atoms with Crippen LogP contribution >= 0.6 is 0 Å². The SMILES string of the molecule is [B]OC(=O)CO. The maximum atomic E-state index is 9.58. The van der Waals surface area contributed by atoms with Crippen LogP contribution in [0.2, 0.25) is 0 Å². The highest BCUT2D eigenvalue weighted by Gasteiger charge is 1.89. The molecule has 0 atom stereocenters. The van der Waals surface area contributed by atoms with Crippen LogP contribution in [-0.2, 0) is 9.45 Å². The van der Waals surface area contributed by atoms with Crippen molar-refractivity contribution in [3.05, 3.63) is 0 Å². The Labute approximate surface area is 36.4 Å². The minimum atomic E-state index is -0.824. The van der Waals surface area contributed by atoms with Gasteiger partial charge in [-0.15, -0.1) is 0 Å². The van der Waals surface area contributed by atoms with Crippen molar-refractivity contribution in [2.45, 2.75) is 0 Å². The van der Waals surface area contributed by atoms with Gasteiger partial charge >= 0.3 is 14.0 Å². The van der Waals surface area contributed by atoms with E-state index in [4.69, 9.17) is 5.11 Å². The Morgan fingerprint density at radius 2 is 2.50 bits per heavy atom. The van der Waals surface area contributed by atoms with Gasteiger partial charge in [0.1, 0.15) is 6.61 Å². The number of rotatable bonds is 1. The smallest absolute Gasteiger partial charge is 0.378 e. The molecule has 0 saturated heterocycles. The molecule has 0 rings (SSSR count). The fourth-order valence-electron chi connectivity index (χ4n) is 0.0373. The molecule has 0 unspecified atom stereocenters. The van der Waals surface area contributed by atoms with Crippen molar-refractivity contribution in [3.8, 4) is 0 Å². The summed E-state index contributed by atoms with van der Waals surface area (Å²) < 4.78 is 3.51. The largest absolute Gasteiger partial charge is 0.542 e. The number of aliphatic hydroxyl groups is 1. The van der Waals surface area contributed by atoms with Crippen molar-refractivity contribution in [3.63, 3.8) is 0 Å². The maximum absolute atomic E-state index is 9.58. The Morgan fingerprint density at radius 3 is 2.50 bits per heavy atom. The maximum Gasteiger partial charge on any atom is 0.378 e. The van der Waals surface area contributed by atoms with E-state index in [9.17, 15) is 4.79 Å². The second kappa shape index (κ2) is 2.72. The van der Waals surface area contributed by atoms with E-state index in [2.05, 4.69) is 12.7 Å². The third kappa shape index (κ3) is 1.78. The van der Waals surface area contributed by atoms with Crippen molar-refractivity contribution in [1.82, 2.24) is 0 Å². The van der Waals surface area contributed by atoms with Gasteiger partial charge in [0.25, 0.3) is 0 Å². The molecule has 0 aromatic rings. The van der Waals surface area contributed by atoms with Gasteiger partial charge in [0.05, 0.1) is 0 Å². The van der Waals surface area contributed by atoms with Gasteiger partial charge in [0.2, 0.25) is 0 Å². The molecule has 1 N–H and O–H groups in total. The van der Waals surface area contributed by atoms with Gasteiger partial charge < -0.3 is 9.76 Å². The Kier molecular flexibility index (Phi) is 2.49. The quantitative estimate of drug-likeness (QED) is 0.399. The molecule has 32 valence electrons. The summed E-state index contributed by atoms with van der Waals surface area (Å²) >= 11 is 0. The zero-order valence-corrected chi connectivity index (χ0v) is 3.05. The predicted molar refractivity (Wildman–Crippen MR) is 18.9 cm³/mol. The lowest BCUT2D eigenvalue weighted by Gasteiger charge is -1.87. The van der Waals surface area contributed by atoms with Gasteiger partial charge in [-0.05, 0) is 0 Å². The Bertz CT molecular complexity index is 46.8. The van der Waals surface area contributed by atoms with Crippen molar-refractivity contribution in [2.75, 3.05) is 6.61 Å². The minimum absolute atomic E-state index is 0.656. The summed E-state index contributed by atoms with van der Waals surface area (Å²) in [4.78, 5) is 9.58. The average molecular weight is 85.9 g/mol. The summed E-state index contributed by atoms with van der Waals surface area (Å²) in [6, 6.07) is 0. The first-order chi connectivity index (χ1) is 2.81. The van der Waals surface area contributed by atoms with Crippen LogP contribution in [0, 0.1) is 0 Å². The molecular formula is C2H3BO3. The van der Waals surface area contributed by atoms with E-state index in [1.807, 2.05) is 0 Å².